The van der Waals surface area contributed by atoms with Gasteiger partial charge >= 0.3 is 0 Å². The molecule has 0 bridgehead atoms. The van der Waals surface area contributed by atoms with Gasteiger partial charge in [-0.25, -0.2) is 4.98 Å². The van der Waals surface area contributed by atoms with E-state index in [1.54, 1.807) is 0 Å². The van der Waals surface area contributed by atoms with Crippen molar-refractivity contribution in [1.82, 2.24) is 9.55 Å². The van der Waals surface area contributed by atoms with Crippen LogP contribution in [0.25, 0.3) is 11.0 Å². The number of carbonyl (C=O) groups is 1. The predicted molar refractivity (Wildman–Crippen MR) is 54.8 cm³/mol. The van der Waals surface area contributed by atoms with Gasteiger partial charge in [-0.2, -0.15) is 0 Å². The zero-order valence-electron chi connectivity index (χ0n) is 7.68. The number of benzene rings is 1. The first-order valence-electron chi connectivity index (χ1n) is 4.47. The van der Waals surface area contributed by atoms with Crippen molar-refractivity contribution in [3.05, 3.63) is 24.3 Å². The van der Waals surface area contributed by atoms with Crippen molar-refractivity contribution >= 4 is 23.3 Å². The first kappa shape index (κ1) is 8.74. The van der Waals surface area contributed by atoms with E-state index in [9.17, 15) is 4.79 Å². The van der Waals surface area contributed by atoms with E-state index in [2.05, 4.69) is 4.98 Å². The second-order valence-electron chi connectivity index (χ2n) is 3.07. The molecule has 0 aliphatic carbocycles. The summed E-state index contributed by atoms with van der Waals surface area (Å²) in [7, 11) is 0. The van der Waals surface area contributed by atoms with E-state index in [1.165, 1.54) is 0 Å². The first-order valence-corrected chi connectivity index (χ1v) is 4.47. The molecular weight excluding hydrogens is 178 g/mol. The van der Waals surface area contributed by atoms with Crippen molar-refractivity contribution in [2.24, 2.45) is 0 Å². The minimum atomic E-state index is 0.463. The third kappa shape index (κ3) is 1.35. The minimum absolute atomic E-state index is 0.463. The molecule has 1 aromatic heterocycles. The highest BCUT2D eigenvalue weighted by molar-refractivity contribution is 5.78. The van der Waals surface area contributed by atoms with Gasteiger partial charge in [-0.05, 0) is 12.1 Å². The van der Waals surface area contributed by atoms with Gasteiger partial charge in [-0.1, -0.05) is 12.1 Å². The summed E-state index contributed by atoms with van der Waals surface area (Å²) in [6.45, 7) is 0.593. The van der Waals surface area contributed by atoms with E-state index >= 15 is 0 Å². The second kappa shape index (κ2) is 3.49. The fraction of sp³-hybridized carbons (Fsp3) is 0.200. The number of aromatic nitrogens is 2. The molecule has 0 aliphatic heterocycles. The number of anilines is 1. The average Bonchev–Trinajstić information content (AvgIpc) is 2.51. The molecule has 0 aliphatic rings. The Balaban J connectivity index is 2.50. The maximum Gasteiger partial charge on any atom is 0.201 e. The summed E-state index contributed by atoms with van der Waals surface area (Å²) in [5.74, 6) is 0.466. The molecule has 1 heterocycles. The summed E-state index contributed by atoms with van der Waals surface area (Å²) in [5, 5.41) is 0. The van der Waals surface area contributed by atoms with E-state index in [0.717, 1.165) is 17.3 Å². The van der Waals surface area contributed by atoms with E-state index < -0.39 is 0 Å². The Labute approximate surface area is 81.3 Å². The van der Waals surface area contributed by atoms with Crippen molar-refractivity contribution in [2.45, 2.75) is 13.0 Å². The van der Waals surface area contributed by atoms with Crippen LogP contribution >= 0.6 is 0 Å². The normalized spacial score (nSPS) is 10.6. The van der Waals surface area contributed by atoms with Crippen LogP contribution in [-0.2, 0) is 11.3 Å². The van der Waals surface area contributed by atoms with Crippen LogP contribution in [0.4, 0.5) is 5.95 Å². The molecule has 0 saturated carbocycles. The first-order chi connectivity index (χ1) is 6.83. The van der Waals surface area contributed by atoms with Crippen molar-refractivity contribution in [3.8, 4) is 0 Å². The number of hydrogen-bond acceptors (Lipinski definition) is 3. The van der Waals surface area contributed by atoms with Crippen LogP contribution in [0.2, 0.25) is 0 Å². The number of para-hydroxylation sites is 2. The van der Waals surface area contributed by atoms with Crippen molar-refractivity contribution in [3.63, 3.8) is 0 Å². The number of fused-ring (bicyclic) bond motifs is 1. The van der Waals surface area contributed by atoms with Gasteiger partial charge in [0.15, 0.2) is 0 Å². The molecule has 2 N–H and O–H groups in total. The maximum absolute atomic E-state index is 10.3. The number of rotatable bonds is 3. The fourth-order valence-electron chi connectivity index (χ4n) is 1.51. The Kier molecular flexibility index (Phi) is 2.18. The molecule has 72 valence electrons. The van der Waals surface area contributed by atoms with Crippen LogP contribution in [0.5, 0.6) is 0 Å². The lowest BCUT2D eigenvalue weighted by Crippen LogP contribution is -2.03. The molecule has 0 saturated heterocycles. The van der Waals surface area contributed by atoms with Gasteiger partial charge in [0.2, 0.25) is 5.95 Å². The van der Waals surface area contributed by atoms with Crippen LogP contribution in [0.3, 0.4) is 0 Å². The number of nitrogen functional groups attached to an aromatic ring is 1. The van der Waals surface area contributed by atoms with Crippen LogP contribution in [0, 0.1) is 0 Å². The number of aryl methyl sites for hydroxylation is 1. The molecule has 4 heteroatoms. The molecule has 1 aromatic carbocycles. The molecular formula is C10H11N3O. The lowest BCUT2D eigenvalue weighted by Gasteiger charge is -2.02. The van der Waals surface area contributed by atoms with Gasteiger partial charge < -0.3 is 15.1 Å². The fourth-order valence-corrected chi connectivity index (χ4v) is 1.51. The second-order valence-corrected chi connectivity index (χ2v) is 3.07. The van der Waals surface area contributed by atoms with Crippen LogP contribution < -0.4 is 5.73 Å². The van der Waals surface area contributed by atoms with Gasteiger partial charge in [-0.3, -0.25) is 0 Å². The monoisotopic (exact) mass is 189 g/mol. The SMILES string of the molecule is Nc1nc2ccccc2n1CCC=O. The zero-order valence-corrected chi connectivity index (χ0v) is 7.68. The maximum atomic E-state index is 10.3. The summed E-state index contributed by atoms with van der Waals surface area (Å²) in [5.41, 5.74) is 7.58. The van der Waals surface area contributed by atoms with Crippen LogP contribution in [0.15, 0.2) is 24.3 Å². The molecule has 0 atom stereocenters. The Hall–Kier alpha value is -1.84. The Morgan fingerprint density at radius 2 is 2.21 bits per heavy atom. The molecule has 0 unspecified atom stereocenters. The highest BCUT2D eigenvalue weighted by Crippen LogP contribution is 2.17. The molecule has 2 aromatic rings. The molecule has 0 spiro atoms. The van der Waals surface area contributed by atoms with E-state index in [-0.39, 0.29) is 0 Å². The third-order valence-electron chi connectivity index (χ3n) is 2.15. The number of aldehydes is 1. The molecule has 2 rings (SSSR count). The molecule has 0 amide bonds. The van der Waals surface area contributed by atoms with Crippen LogP contribution in [-0.4, -0.2) is 15.8 Å². The standard InChI is InChI=1S/C10H11N3O/c11-10-12-8-4-1-2-5-9(8)13(10)6-3-7-14/h1-2,4-5,7H,3,6H2,(H2,11,12). The number of imidazole rings is 1. The third-order valence-corrected chi connectivity index (χ3v) is 2.15. The minimum Gasteiger partial charge on any atom is -0.369 e. The highest BCUT2D eigenvalue weighted by atomic mass is 16.1. The lowest BCUT2D eigenvalue weighted by atomic mass is 10.3. The van der Waals surface area contributed by atoms with Gasteiger partial charge in [0.25, 0.3) is 0 Å². The zero-order chi connectivity index (χ0) is 9.97. The van der Waals surface area contributed by atoms with Gasteiger partial charge in [0, 0.05) is 13.0 Å². The Morgan fingerprint density at radius 3 is 3.00 bits per heavy atom. The summed E-state index contributed by atoms with van der Waals surface area (Å²) in [6, 6.07) is 7.70. The molecule has 4 nitrogen and oxygen atoms in total. The summed E-state index contributed by atoms with van der Waals surface area (Å²) in [4.78, 5) is 14.5. The number of nitrogens with two attached hydrogens (primary N) is 1. The van der Waals surface area contributed by atoms with Gasteiger partial charge in [0.1, 0.15) is 6.29 Å². The smallest absolute Gasteiger partial charge is 0.201 e. The molecule has 14 heavy (non-hydrogen) atoms. The summed E-state index contributed by atoms with van der Waals surface area (Å²) < 4.78 is 1.85. The van der Waals surface area contributed by atoms with Crippen molar-refractivity contribution in [2.75, 3.05) is 5.73 Å². The Morgan fingerprint density at radius 1 is 1.43 bits per heavy atom. The van der Waals surface area contributed by atoms with E-state index in [4.69, 9.17) is 5.73 Å². The van der Waals surface area contributed by atoms with E-state index in [1.807, 2.05) is 28.8 Å². The van der Waals surface area contributed by atoms with Crippen molar-refractivity contribution in [1.29, 1.82) is 0 Å². The lowest BCUT2D eigenvalue weighted by molar-refractivity contribution is -0.108. The molecule has 0 radical (unpaired) electrons. The van der Waals surface area contributed by atoms with Crippen LogP contribution in [0.1, 0.15) is 6.42 Å². The van der Waals surface area contributed by atoms with Gasteiger partial charge in [-0.15, -0.1) is 0 Å². The predicted octanol–water partition coefficient (Wildman–Crippen LogP) is 1.21. The molecule has 0 fully saturated rings. The number of hydrogen-bond donors (Lipinski definition) is 1. The van der Waals surface area contributed by atoms with Gasteiger partial charge in [0.05, 0.1) is 11.0 Å². The summed E-state index contributed by atoms with van der Waals surface area (Å²) >= 11 is 0. The largest absolute Gasteiger partial charge is 0.369 e. The quantitative estimate of drug-likeness (QED) is 0.738. The highest BCUT2D eigenvalue weighted by Gasteiger charge is 2.05. The van der Waals surface area contributed by atoms with Crippen molar-refractivity contribution < 1.29 is 4.79 Å². The number of nitrogens with zero attached hydrogens (tertiary/aromatic N) is 2. The number of carbonyl (C=O) groups excluding carboxylic acids is 1. The average molecular weight is 189 g/mol. The van der Waals surface area contributed by atoms with E-state index in [0.29, 0.717) is 18.9 Å². The Bertz CT molecular complexity index is 461. The topological polar surface area (TPSA) is 60.9 Å². The summed E-state index contributed by atoms with van der Waals surface area (Å²) in [6.07, 6.45) is 1.35.